The zero-order chi connectivity index (χ0) is 28.0. The average Bonchev–Trinajstić information content (AvgIpc) is 3.90. The molecule has 2 aromatic heterocycles. The molecule has 2 aliphatic carbocycles. The second-order valence-electron chi connectivity index (χ2n) is 9.86. The van der Waals surface area contributed by atoms with Crippen LogP contribution in [0.25, 0.3) is 11.3 Å². The summed E-state index contributed by atoms with van der Waals surface area (Å²) in [6, 6.07) is 14.5. The maximum Gasteiger partial charge on any atom is 0.337 e. The third-order valence-electron chi connectivity index (χ3n) is 7.39. The third kappa shape index (κ3) is 4.82. The Balaban J connectivity index is 0.00000142. The van der Waals surface area contributed by atoms with Gasteiger partial charge in [0.15, 0.2) is 0 Å². The van der Waals surface area contributed by atoms with Gasteiger partial charge in [-0.15, -0.1) is 0 Å². The average molecular weight is 579 g/mol. The minimum absolute atomic E-state index is 0.218. The number of hydrogen-bond donors (Lipinski definition) is 0. The lowest BCUT2D eigenvalue weighted by Crippen LogP contribution is -2.03. The molecule has 3 heterocycles. The number of halogens is 2. The Morgan fingerprint density at radius 3 is 2.52 bits per heavy atom. The Bertz CT molecular complexity index is 1580. The van der Waals surface area contributed by atoms with Crippen LogP contribution in [-0.4, -0.2) is 23.2 Å². The van der Waals surface area contributed by atoms with Gasteiger partial charge in [0.1, 0.15) is 29.6 Å². The maximum absolute atomic E-state index is 12.0. The molecule has 0 amide bonds. The highest BCUT2D eigenvalue weighted by Crippen LogP contribution is 2.61. The van der Waals surface area contributed by atoms with E-state index >= 15 is 0 Å². The van der Waals surface area contributed by atoms with Crippen LogP contribution in [0.15, 0.2) is 53.1 Å². The van der Waals surface area contributed by atoms with Gasteiger partial charge in [-0.05, 0) is 61.1 Å². The predicted octanol–water partition coefficient (Wildman–Crippen LogP) is 8.69. The van der Waals surface area contributed by atoms with Crippen LogP contribution >= 0.6 is 23.2 Å². The van der Waals surface area contributed by atoms with E-state index in [0.717, 1.165) is 41.8 Å². The summed E-state index contributed by atoms with van der Waals surface area (Å²) in [5, 5.41) is 5.34. The topological polar surface area (TPSA) is 83.7 Å². The Labute approximate surface area is 242 Å². The molecule has 3 aliphatic rings. The van der Waals surface area contributed by atoms with Crippen molar-refractivity contribution >= 4 is 29.2 Å². The monoisotopic (exact) mass is 578 g/mol. The minimum Gasteiger partial charge on any atom is -0.473 e. The molecule has 0 bridgehead atoms. The van der Waals surface area contributed by atoms with Gasteiger partial charge in [-0.1, -0.05) is 54.3 Å². The summed E-state index contributed by atoms with van der Waals surface area (Å²) in [5.41, 5.74) is 4.45. The quantitative estimate of drug-likeness (QED) is 0.211. The first-order valence-corrected chi connectivity index (χ1v) is 14.2. The first-order valence-electron chi connectivity index (χ1n) is 13.5. The normalized spacial score (nSPS) is 18.1. The predicted molar refractivity (Wildman–Crippen MR) is 152 cm³/mol. The maximum atomic E-state index is 12.0. The van der Waals surface area contributed by atoms with E-state index < -0.39 is 5.97 Å². The van der Waals surface area contributed by atoms with Crippen LogP contribution < -0.4 is 9.47 Å². The fourth-order valence-electron chi connectivity index (χ4n) is 5.20. The van der Waals surface area contributed by atoms with E-state index in [1.165, 1.54) is 7.11 Å². The molecule has 4 aromatic rings. The lowest BCUT2D eigenvalue weighted by Gasteiger charge is -2.13. The molecule has 2 saturated carbocycles. The van der Waals surface area contributed by atoms with Gasteiger partial charge in [-0.25, -0.2) is 9.78 Å². The van der Waals surface area contributed by atoms with Gasteiger partial charge in [-0.3, -0.25) is 0 Å². The van der Waals surface area contributed by atoms with Crippen molar-refractivity contribution in [2.24, 2.45) is 0 Å². The van der Waals surface area contributed by atoms with Crippen molar-refractivity contribution < 1.29 is 23.5 Å². The van der Waals surface area contributed by atoms with Gasteiger partial charge >= 0.3 is 5.97 Å². The smallest absolute Gasteiger partial charge is 0.337 e. The summed E-state index contributed by atoms with van der Waals surface area (Å²) in [5.74, 6) is 3.07. The van der Waals surface area contributed by atoms with Gasteiger partial charge in [0.05, 0.1) is 34.0 Å². The molecular formula is C31H28Cl2N2O5. The molecule has 7 nitrogen and oxygen atoms in total. The Kier molecular flexibility index (Phi) is 7.19. The van der Waals surface area contributed by atoms with E-state index in [0.29, 0.717) is 50.2 Å². The fourth-order valence-corrected chi connectivity index (χ4v) is 5.78. The number of aromatic nitrogens is 2. The molecule has 7 rings (SSSR count). The summed E-state index contributed by atoms with van der Waals surface area (Å²) in [4.78, 5) is 16.9. The zero-order valence-corrected chi connectivity index (χ0v) is 23.9. The number of fused-ring (bicyclic) bond motifs is 5. The van der Waals surface area contributed by atoms with Crippen molar-refractivity contribution in [1.82, 2.24) is 10.1 Å². The molecule has 0 radical (unpaired) electrons. The van der Waals surface area contributed by atoms with Crippen molar-refractivity contribution in [3.63, 3.8) is 0 Å². The highest BCUT2D eigenvalue weighted by molar-refractivity contribution is 6.39. The summed E-state index contributed by atoms with van der Waals surface area (Å²) < 4.78 is 23.1. The lowest BCUT2D eigenvalue weighted by molar-refractivity contribution is 0.0600. The van der Waals surface area contributed by atoms with Crippen LogP contribution in [0.2, 0.25) is 10.0 Å². The minimum atomic E-state index is -0.396. The van der Waals surface area contributed by atoms with Crippen LogP contribution in [-0.2, 0) is 11.3 Å². The lowest BCUT2D eigenvalue weighted by atomic mass is 10.0. The highest BCUT2D eigenvalue weighted by atomic mass is 35.5. The van der Waals surface area contributed by atoms with Gasteiger partial charge in [0.2, 0.25) is 5.88 Å². The Morgan fingerprint density at radius 1 is 1.02 bits per heavy atom. The van der Waals surface area contributed by atoms with Crippen LogP contribution in [0.3, 0.4) is 0 Å². The van der Waals surface area contributed by atoms with E-state index in [-0.39, 0.29) is 18.4 Å². The molecule has 2 fully saturated rings. The number of esters is 1. The first-order chi connectivity index (χ1) is 19.5. The van der Waals surface area contributed by atoms with E-state index in [2.05, 4.69) is 5.16 Å². The number of nitrogens with zero attached hydrogens (tertiary/aromatic N) is 2. The number of carbonyl (C=O) groups excluding carboxylic acids is 1. The van der Waals surface area contributed by atoms with Gasteiger partial charge in [-0.2, -0.15) is 0 Å². The molecule has 40 heavy (non-hydrogen) atoms. The Morgan fingerprint density at radius 2 is 1.80 bits per heavy atom. The van der Waals surface area contributed by atoms with Crippen LogP contribution in [0, 0.1) is 0 Å². The molecular weight excluding hydrogens is 551 g/mol. The molecule has 2 aromatic carbocycles. The number of benzene rings is 2. The molecule has 0 N–H and O–H groups in total. The SMILES string of the molecule is CC.COC(=O)c1ccc2c(c1)Oc1ccc(OCc3c(-c4c(Cl)cccc4Cl)noc3C3CC3)nc1C1CC21. The summed E-state index contributed by atoms with van der Waals surface area (Å²) in [7, 11) is 1.37. The first kappa shape index (κ1) is 26.7. The van der Waals surface area contributed by atoms with Crippen molar-refractivity contribution in [1.29, 1.82) is 0 Å². The van der Waals surface area contributed by atoms with E-state index in [4.69, 9.17) is 46.9 Å². The number of pyridine rings is 1. The fraction of sp³-hybridized carbons (Fsp3) is 0.323. The standard InChI is InChI=1S/C29H22Cl2N2O5.C2H6/c1-35-29(34)15-7-8-16-17-12-18(17)26-22(37-23(16)11-15)9-10-24(32-26)36-13-19-27(33-38-28(19)14-5-6-14)25-20(30)3-2-4-21(25)31;1-2/h2-4,7-11,14,17-18H,5-6,12-13H2,1H3;1-2H3. The van der Waals surface area contributed by atoms with Crippen LogP contribution in [0.5, 0.6) is 17.4 Å². The zero-order valence-electron chi connectivity index (χ0n) is 22.4. The number of hydrogen-bond acceptors (Lipinski definition) is 7. The summed E-state index contributed by atoms with van der Waals surface area (Å²) in [6.07, 6.45) is 3.06. The van der Waals surface area contributed by atoms with Crippen molar-refractivity contribution in [2.45, 2.75) is 57.5 Å². The van der Waals surface area contributed by atoms with E-state index in [9.17, 15) is 4.79 Å². The van der Waals surface area contributed by atoms with Crippen molar-refractivity contribution in [2.75, 3.05) is 7.11 Å². The molecule has 206 valence electrons. The number of carbonyl (C=O) groups is 1. The number of methoxy groups -OCH3 is 1. The third-order valence-corrected chi connectivity index (χ3v) is 8.02. The summed E-state index contributed by atoms with van der Waals surface area (Å²) >= 11 is 13.0. The molecule has 0 spiro atoms. The molecule has 9 heteroatoms. The van der Waals surface area contributed by atoms with E-state index in [1.54, 1.807) is 36.4 Å². The van der Waals surface area contributed by atoms with Crippen molar-refractivity contribution in [3.05, 3.63) is 86.7 Å². The molecule has 2 atom stereocenters. The van der Waals surface area contributed by atoms with Crippen LogP contribution in [0.1, 0.15) is 83.8 Å². The van der Waals surface area contributed by atoms with Crippen molar-refractivity contribution in [3.8, 4) is 28.6 Å². The van der Waals surface area contributed by atoms with Gasteiger partial charge in [0, 0.05) is 23.5 Å². The second-order valence-corrected chi connectivity index (χ2v) is 10.7. The number of ether oxygens (including phenoxy) is 3. The van der Waals surface area contributed by atoms with E-state index in [1.807, 2.05) is 26.0 Å². The molecule has 2 unspecified atom stereocenters. The number of rotatable bonds is 6. The van der Waals surface area contributed by atoms with Gasteiger partial charge < -0.3 is 18.7 Å². The highest BCUT2D eigenvalue weighted by Gasteiger charge is 2.46. The van der Waals surface area contributed by atoms with Gasteiger partial charge in [0.25, 0.3) is 0 Å². The largest absolute Gasteiger partial charge is 0.473 e. The second kappa shape index (κ2) is 10.8. The molecule has 0 saturated heterocycles. The summed E-state index contributed by atoms with van der Waals surface area (Å²) in [6.45, 7) is 4.22. The van der Waals surface area contributed by atoms with Crippen LogP contribution in [0.4, 0.5) is 0 Å². The molecule has 1 aliphatic heterocycles. The Hall–Kier alpha value is -3.55.